The van der Waals surface area contributed by atoms with E-state index in [4.69, 9.17) is 33.2 Å². The van der Waals surface area contributed by atoms with Gasteiger partial charge in [0.15, 0.2) is 28.8 Å². The van der Waals surface area contributed by atoms with Crippen molar-refractivity contribution in [1.29, 1.82) is 0 Å². The highest BCUT2D eigenvalue weighted by molar-refractivity contribution is 6.05. The molecule has 0 saturated heterocycles. The minimum Gasteiger partial charge on any atom is -0.493 e. The minimum absolute atomic E-state index is 0.123. The van der Waals surface area contributed by atoms with E-state index in [0.717, 1.165) is 0 Å². The van der Waals surface area contributed by atoms with Gasteiger partial charge in [-0.05, 0) is 51.8 Å². The van der Waals surface area contributed by atoms with Crippen LogP contribution in [0.2, 0.25) is 0 Å². The molecule has 1 unspecified atom stereocenters. The van der Waals surface area contributed by atoms with E-state index in [1.54, 1.807) is 45.0 Å². The summed E-state index contributed by atoms with van der Waals surface area (Å²) in [5.74, 6) is 0.352. The number of ether oxygens (including phenoxy) is 7. The molecule has 0 bridgehead atoms. The molecule has 11 heteroatoms. The normalized spacial score (nSPS) is 15.3. The molecule has 11 nitrogen and oxygen atoms in total. The smallest absolute Gasteiger partial charge is 0.413 e. The topological polar surface area (TPSA) is 128 Å². The maximum absolute atomic E-state index is 13.5. The van der Waals surface area contributed by atoms with Gasteiger partial charge in [-0.2, -0.15) is 0 Å². The fourth-order valence-corrected chi connectivity index (χ4v) is 4.07. The molecular weight excluding hydrogens is 510 g/mol. The first-order valence-electron chi connectivity index (χ1n) is 12.3. The Morgan fingerprint density at radius 3 is 2.23 bits per heavy atom. The molecule has 1 aliphatic heterocycles. The van der Waals surface area contributed by atoms with Gasteiger partial charge < -0.3 is 38.5 Å². The zero-order chi connectivity index (χ0) is 28.9. The predicted octanol–water partition coefficient (Wildman–Crippen LogP) is 3.97. The van der Waals surface area contributed by atoms with Crippen LogP contribution in [0.25, 0.3) is 0 Å². The second-order valence-electron chi connectivity index (χ2n) is 9.87. The van der Waals surface area contributed by atoms with Gasteiger partial charge in [0.2, 0.25) is 5.75 Å². The van der Waals surface area contributed by atoms with Crippen molar-refractivity contribution in [2.45, 2.75) is 45.8 Å². The fraction of sp³-hybridized carbons (Fsp3) is 0.464. The van der Waals surface area contributed by atoms with Gasteiger partial charge in [-0.1, -0.05) is 6.07 Å². The van der Waals surface area contributed by atoms with Crippen molar-refractivity contribution in [2.75, 3.05) is 35.0 Å². The number of nitrogens with one attached hydrogen (secondary N) is 1. The van der Waals surface area contributed by atoms with Crippen LogP contribution in [-0.2, 0) is 16.0 Å². The van der Waals surface area contributed by atoms with Crippen LogP contribution in [0.3, 0.4) is 0 Å². The number of rotatable bonds is 9. The molecule has 1 heterocycles. The highest BCUT2D eigenvalue weighted by Crippen LogP contribution is 2.47. The lowest BCUT2D eigenvalue weighted by atomic mass is 9.88. The minimum atomic E-state index is -0.937. The van der Waals surface area contributed by atoms with Crippen LogP contribution >= 0.6 is 0 Å². The van der Waals surface area contributed by atoms with Crippen LogP contribution in [0.1, 0.15) is 43.6 Å². The summed E-state index contributed by atoms with van der Waals surface area (Å²) in [6.07, 6.45) is -0.577. The van der Waals surface area contributed by atoms with Gasteiger partial charge >= 0.3 is 12.1 Å². The molecule has 2 aromatic carbocycles. The van der Waals surface area contributed by atoms with Crippen molar-refractivity contribution >= 4 is 17.8 Å². The molecule has 3 rings (SSSR count). The Balaban J connectivity index is 1.79. The van der Waals surface area contributed by atoms with Gasteiger partial charge in [-0.3, -0.25) is 4.79 Å². The van der Waals surface area contributed by atoms with Gasteiger partial charge in [0, 0.05) is 6.07 Å². The van der Waals surface area contributed by atoms with E-state index < -0.39 is 29.6 Å². The number of hydrogen-bond acceptors (Lipinski definition) is 10. The van der Waals surface area contributed by atoms with Gasteiger partial charge in [0.1, 0.15) is 23.0 Å². The summed E-state index contributed by atoms with van der Waals surface area (Å²) >= 11 is 0. The van der Waals surface area contributed by atoms with Crippen LogP contribution in [0.5, 0.6) is 34.5 Å². The number of hydrogen-bond donors (Lipinski definition) is 1. The number of Topliss-reactive ketones (excluding diaryl/α,β-unsaturated/α-hetero) is 1. The highest BCUT2D eigenvalue weighted by Gasteiger charge is 2.35. The van der Waals surface area contributed by atoms with E-state index in [-0.39, 0.29) is 35.9 Å². The highest BCUT2D eigenvalue weighted by atomic mass is 16.6. The van der Waals surface area contributed by atoms with Crippen molar-refractivity contribution in [3.8, 4) is 34.5 Å². The third-order valence-corrected chi connectivity index (χ3v) is 5.86. The van der Waals surface area contributed by atoms with Crippen LogP contribution < -0.4 is 33.7 Å². The number of fused-ring (bicyclic) bond motifs is 1. The summed E-state index contributed by atoms with van der Waals surface area (Å²) in [7, 11) is 5.82. The standard InChI is InChI=1S/C28H35NO10/c1-15(26(31)39-28(2,3)4)29-27(32)38-19-12-16(9-10-18(19)33-5)11-17-14-37-20-13-21(34-6)24(35-7)25(36-8)22(20)23(17)30/h9-10,12-13,15,17H,11,14H2,1-8H3,(H,29,32)/t15-,17?/m0/s1. The Morgan fingerprint density at radius 2 is 1.64 bits per heavy atom. The van der Waals surface area contributed by atoms with Crippen LogP contribution in [0.15, 0.2) is 24.3 Å². The summed E-state index contributed by atoms with van der Waals surface area (Å²) in [5.41, 5.74) is 0.270. The first kappa shape index (κ1) is 29.4. The van der Waals surface area contributed by atoms with Crippen LogP contribution in [-0.4, -0.2) is 64.5 Å². The monoisotopic (exact) mass is 545 g/mol. The van der Waals surface area contributed by atoms with Crippen molar-refractivity contribution in [2.24, 2.45) is 5.92 Å². The first-order valence-corrected chi connectivity index (χ1v) is 12.3. The lowest BCUT2D eigenvalue weighted by Crippen LogP contribution is -2.43. The second kappa shape index (κ2) is 12.1. The predicted molar refractivity (Wildman–Crippen MR) is 141 cm³/mol. The molecule has 1 N–H and O–H groups in total. The van der Waals surface area contributed by atoms with E-state index in [0.29, 0.717) is 28.6 Å². The maximum Gasteiger partial charge on any atom is 0.413 e. The SMILES string of the molecule is COc1ccc(CC2COc3cc(OC)c(OC)c(OC)c3C2=O)cc1OC(=O)N[C@@H](C)C(=O)OC(C)(C)C. The molecule has 0 fully saturated rings. The van der Waals surface area contributed by atoms with Gasteiger partial charge in [0.25, 0.3) is 0 Å². The average Bonchev–Trinajstić information content (AvgIpc) is 2.88. The molecule has 0 saturated carbocycles. The zero-order valence-electron chi connectivity index (χ0n) is 23.5. The summed E-state index contributed by atoms with van der Waals surface area (Å²) in [6, 6.07) is 5.66. The number of carbonyl (C=O) groups excluding carboxylic acids is 3. The van der Waals surface area contributed by atoms with E-state index in [2.05, 4.69) is 5.32 Å². The third-order valence-electron chi connectivity index (χ3n) is 5.86. The number of benzene rings is 2. The van der Waals surface area contributed by atoms with Crippen LogP contribution in [0, 0.1) is 5.92 Å². The summed E-state index contributed by atoms with van der Waals surface area (Å²) in [5, 5.41) is 2.45. The Labute approximate surface area is 227 Å². The van der Waals surface area contributed by atoms with Crippen molar-refractivity contribution in [1.82, 2.24) is 5.32 Å². The molecule has 0 radical (unpaired) electrons. The number of esters is 1. The van der Waals surface area contributed by atoms with E-state index >= 15 is 0 Å². The fourth-order valence-electron chi connectivity index (χ4n) is 4.07. The number of carbonyl (C=O) groups is 3. The Hall–Kier alpha value is -4.15. The van der Waals surface area contributed by atoms with Gasteiger partial charge in [0.05, 0.1) is 41.0 Å². The Morgan fingerprint density at radius 1 is 0.974 bits per heavy atom. The van der Waals surface area contributed by atoms with E-state index in [9.17, 15) is 14.4 Å². The first-order chi connectivity index (χ1) is 18.4. The Bertz CT molecular complexity index is 1230. The molecule has 0 aromatic heterocycles. The van der Waals surface area contributed by atoms with Crippen LogP contribution in [0.4, 0.5) is 4.79 Å². The Kier molecular flexibility index (Phi) is 9.15. The molecule has 39 heavy (non-hydrogen) atoms. The van der Waals surface area contributed by atoms with E-state index in [1.807, 2.05) is 0 Å². The third kappa shape index (κ3) is 6.84. The molecule has 1 amide bonds. The van der Waals surface area contributed by atoms with Crippen molar-refractivity contribution in [3.05, 3.63) is 35.4 Å². The summed E-state index contributed by atoms with van der Waals surface area (Å²) in [4.78, 5) is 38.2. The molecular formula is C28H35NO10. The average molecular weight is 546 g/mol. The molecule has 0 spiro atoms. The molecule has 2 atom stereocenters. The quantitative estimate of drug-likeness (QED) is 0.462. The lowest BCUT2D eigenvalue weighted by molar-refractivity contribution is -0.156. The summed E-state index contributed by atoms with van der Waals surface area (Å²) < 4.78 is 38.2. The van der Waals surface area contributed by atoms with Gasteiger partial charge in [-0.25, -0.2) is 9.59 Å². The van der Waals surface area contributed by atoms with Crippen molar-refractivity contribution in [3.63, 3.8) is 0 Å². The summed E-state index contributed by atoms with van der Waals surface area (Å²) in [6.45, 7) is 6.82. The number of amides is 1. The molecule has 0 aliphatic carbocycles. The maximum atomic E-state index is 13.5. The lowest BCUT2D eigenvalue weighted by Gasteiger charge is -2.27. The largest absolute Gasteiger partial charge is 0.493 e. The molecule has 1 aliphatic rings. The molecule has 2 aromatic rings. The number of ketones is 1. The van der Waals surface area contributed by atoms with Gasteiger partial charge in [-0.15, -0.1) is 0 Å². The number of methoxy groups -OCH3 is 4. The van der Waals surface area contributed by atoms with Crippen molar-refractivity contribution < 1.29 is 47.5 Å². The second-order valence-corrected chi connectivity index (χ2v) is 9.87. The molecule has 212 valence electrons. The zero-order valence-corrected chi connectivity index (χ0v) is 23.5. The van der Waals surface area contributed by atoms with E-state index in [1.165, 1.54) is 35.4 Å².